The maximum atomic E-state index is 12.7. The van der Waals surface area contributed by atoms with Gasteiger partial charge in [-0.1, -0.05) is 24.6 Å². The SMILES string of the molecule is Cc1ccc(N2C[C@@H](C(=O)Nc3ccc(N4CCC(C)CC4)cc3)CC2=O)cc1. The van der Waals surface area contributed by atoms with Gasteiger partial charge in [0.2, 0.25) is 11.8 Å². The molecule has 2 aromatic rings. The molecule has 0 bridgehead atoms. The van der Waals surface area contributed by atoms with Gasteiger partial charge in [0.05, 0.1) is 5.92 Å². The highest BCUT2D eigenvalue weighted by atomic mass is 16.2. The van der Waals surface area contributed by atoms with Gasteiger partial charge in [-0.2, -0.15) is 0 Å². The van der Waals surface area contributed by atoms with Crippen molar-refractivity contribution in [3.8, 4) is 0 Å². The Morgan fingerprint density at radius 3 is 2.24 bits per heavy atom. The van der Waals surface area contributed by atoms with Crippen molar-refractivity contribution in [2.24, 2.45) is 11.8 Å². The number of hydrogen-bond acceptors (Lipinski definition) is 3. The highest BCUT2D eigenvalue weighted by Gasteiger charge is 2.35. The van der Waals surface area contributed by atoms with E-state index >= 15 is 0 Å². The van der Waals surface area contributed by atoms with Gasteiger partial charge in [0.15, 0.2) is 0 Å². The Morgan fingerprint density at radius 1 is 0.966 bits per heavy atom. The summed E-state index contributed by atoms with van der Waals surface area (Å²) in [5.41, 5.74) is 4.00. The molecule has 2 aliphatic heterocycles. The lowest BCUT2D eigenvalue weighted by Gasteiger charge is -2.32. The Kier molecular flexibility index (Phi) is 5.56. The summed E-state index contributed by atoms with van der Waals surface area (Å²) >= 11 is 0. The standard InChI is InChI=1S/C24H29N3O2/c1-17-3-7-22(8-4-17)27-16-19(15-23(27)28)24(29)25-20-5-9-21(10-6-20)26-13-11-18(2)12-14-26/h3-10,18-19H,11-16H2,1-2H3,(H,25,29)/t19-/m0/s1. The molecule has 5 heteroatoms. The fraction of sp³-hybridized carbons (Fsp3) is 0.417. The van der Waals surface area contributed by atoms with Gasteiger partial charge in [-0.3, -0.25) is 9.59 Å². The molecule has 2 aliphatic rings. The van der Waals surface area contributed by atoms with E-state index in [1.807, 2.05) is 43.3 Å². The minimum absolute atomic E-state index is 0.00341. The second-order valence-corrected chi connectivity index (χ2v) is 8.45. The van der Waals surface area contributed by atoms with Gasteiger partial charge in [0.1, 0.15) is 0 Å². The Labute approximate surface area is 172 Å². The average molecular weight is 392 g/mol. The lowest BCUT2D eigenvalue weighted by molar-refractivity contribution is -0.122. The van der Waals surface area contributed by atoms with E-state index in [1.165, 1.54) is 18.5 Å². The Bertz CT molecular complexity index is 868. The molecule has 0 saturated carbocycles. The number of rotatable bonds is 4. The molecule has 2 amide bonds. The van der Waals surface area contributed by atoms with E-state index in [1.54, 1.807) is 4.90 Å². The summed E-state index contributed by atoms with van der Waals surface area (Å²) in [6.07, 6.45) is 2.71. The predicted octanol–water partition coefficient (Wildman–Crippen LogP) is 4.22. The van der Waals surface area contributed by atoms with Gasteiger partial charge in [-0.25, -0.2) is 0 Å². The first-order chi connectivity index (χ1) is 14.0. The fourth-order valence-electron chi connectivity index (χ4n) is 4.12. The molecular weight excluding hydrogens is 362 g/mol. The van der Waals surface area contributed by atoms with Crippen LogP contribution in [0.5, 0.6) is 0 Å². The van der Waals surface area contributed by atoms with Crippen LogP contribution in [0.3, 0.4) is 0 Å². The topological polar surface area (TPSA) is 52.7 Å². The highest BCUT2D eigenvalue weighted by Crippen LogP contribution is 2.27. The molecule has 2 aromatic carbocycles. The molecule has 1 atom stereocenters. The summed E-state index contributed by atoms with van der Waals surface area (Å²) in [6, 6.07) is 15.9. The van der Waals surface area contributed by atoms with Gasteiger partial charge < -0.3 is 15.1 Å². The van der Waals surface area contributed by atoms with E-state index < -0.39 is 0 Å². The van der Waals surface area contributed by atoms with Crippen molar-refractivity contribution in [3.05, 3.63) is 54.1 Å². The molecule has 0 radical (unpaired) electrons. The van der Waals surface area contributed by atoms with Crippen molar-refractivity contribution in [1.82, 2.24) is 0 Å². The van der Waals surface area contributed by atoms with Crippen LogP contribution < -0.4 is 15.1 Å². The molecule has 152 valence electrons. The van der Waals surface area contributed by atoms with Crippen LogP contribution >= 0.6 is 0 Å². The normalized spacial score (nSPS) is 20.2. The number of nitrogens with one attached hydrogen (secondary N) is 1. The second kappa shape index (κ2) is 8.27. The van der Waals surface area contributed by atoms with Crippen LogP contribution in [-0.4, -0.2) is 31.4 Å². The van der Waals surface area contributed by atoms with Crippen LogP contribution in [0.2, 0.25) is 0 Å². The first-order valence-electron chi connectivity index (χ1n) is 10.5. The molecule has 29 heavy (non-hydrogen) atoms. The summed E-state index contributed by atoms with van der Waals surface area (Å²) in [5.74, 6) is 0.390. The minimum Gasteiger partial charge on any atom is -0.372 e. The van der Waals surface area contributed by atoms with E-state index in [0.29, 0.717) is 6.54 Å². The van der Waals surface area contributed by atoms with Crippen molar-refractivity contribution in [2.45, 2.75) is 33.1 Å². The number of piperidine rings is 1. The number of amides is 2. The molecule has 0 aliphatic carbocycles. The predicted molar refractivity (Wildman–Crippen MR) is 117 cm³/mol. The van der Waals surface area contributed by atoms with Crippen LogP contribution in [0.25, 0.3) is 0 Å². The van der Waals surface area contributed by atoms with Crippen LogP contribution in [-0.2, 0) is 9.59 Å². The zero-order valence-corrected chi connectivity index (χ0v) is 17.2. The summed E-state index contributed by atoms with van der Waals surface area (Å²) in [5, 5.41) is 2.99. The zero-order valence-electron chi connectivity index (χ0n) is 17.2. The van der Waals surface area contributed by atoms with E-state index in [0.717, 1.165) is 35.9 Å². The number of aryl methyl sites for hydroxylation is 1. The summed E-state index contributed by atoms with van der Waals surface area (Å²) in [6.45, 7) is 6.93. The number of nitrogens with zero attached hydrogens (tertiary/aromatic N) is 2. The van der Waals surface area contributed by atoms with E-state index in [2.05, 4.69) is 29.3 Å². The van der Waals surface area contributed by atoms with Crippen molar-refractivity contribution in [3.63, 3.8) is 0 Å². The van der Waals surface area contributed by atoms with Crippen molar-refractivity contribution >= 4 is 28.9 Å². The highest BCUT2D eigenvalue weighted by molar-refractivity contribution is 6.03. The first-order valence-corrected chi connectivity index (χ1v) is 10.5. The zero-order chi connectivity index (χ0) is 20.4. The first kappa shape index (κ1) is 19.5. The van der Waals surface area contributed by atoms with Crippen LogP contribution in [0.1, 0.15) is 31.7 Å². The Balaban J connectivity index is 1.35. The number of anilines is 3. The maximum absolute atomic E-state index is 12.7. The van der Waals surface area contributed by atoms with Crippen LogP contribution in [0.4, 0.5) is 17.1 Å². The molecule has 0 aromatic heterocycles. The lowest BCUT2D eigenvalue weighted by atomic mass is 9.99. The monoisotopic (exact) mass is 391 g/mol. The lowest BCUT2D eigenvalue weighted by Crippen LogP contribution is -2.32. The fourth-order valence-corrected chi connectivity index (χ4v) is 4.12. The molecular formula is C24H29N3O2. The van der Waals surface area contributed by atoms with E-state index in [-0.39, 0.29) is 24.2 Å². The third-order valence-electron chi connectivity index (χ3n) is 6.13. The van der Waals surface area contributed by atoms with Crippen molar-refractivity contribution in [1.29, 1.82) is 0 Å². The van der Waals surface area contributed by atoms with E-state index in [9.17, 15) is 9.59 Å². The molecule has 2 heterocycles. The van der Waals surface area contributed by atoms with E-state index in [4.69, 9.17) is 0 Å². The third kappa shape index (κ3) is 4.44. The third-order valence-corrected chi connectivity index (χ3v) is 6.13. The average Bonchev–Trinajstić information content (AvgIpc) is 3.12. The molecule has 4 rings (SSSR count). The van der Waals surface area contributed by atoms with Gasteiger partial charge in [-0.15, -0.1) is 0 Å². The summed E-state index contributed by atoms with van der Waals surface area (Å²) in [7, 11) is 0. The molecule has 1 N–H and O–H groups in total. The smallest absolute Gasteiger partial charge is 0.229 e. The Morgan fingerprint density at radius 2 is 1.59 bits per heavy atom. The number of hydrogen-bond donors (Lipinski definition) is 1. The summed E-state index contributed by atoms with van der Waals surface area (Å²) in [4.78, 5) is 29.2. The second-order valence-electron chi connectivity index (χ2n) is 8.45. The Hall–Kier alpha value is -2.82. The number of carbonyl (C=O) groups is 2. The molecule has 2 saturated heterocycles. The molecule has 0 spiro atoms. The van der Waals surface area contributed by atoms with Crippen molar-refractivity contribution in [2.75, 3.05) is 34.8 Å². The number of benzene rings is 2. The maximum Gasteiger partial charge on any atom is 0.229 e. The van der Waals surface area contributed by atoms with Gasteiger partial charge >= 0.3 is 0 Å². The van der Waals surface area contributed by atoms with Crippen molar-refractivity contribution < 1.29 is 9.59 Å². The number of carbonyl (C=O) groups excluding carboxylic acids is 2. The van der Waals surface area contributed by atoms with Gasteiger partial charge in [0.25, 0.3) is 0 Å². The van der Waals surface area contributed by atoms with Gasteiger partial charge in [0, 0.05) is 43.1 Å². The van der Waals surface area contributed by atoms with Crippen LogP contribution in [0.15, 0.2) is 48.5 Å². The van der Waals surface area contributed by atoms with Gasteiger partial charge in [-0.05, 0) is 62.1 Å². The largest absolute Gasteiger partial charge is 0.372 e. The minimum atomic E-state index is -0.327. The quantitative estimate of drug-likeness (QED) is 0.849. The van der Waals surface area contributed by atoms with Crippen LogP contribution in [0, 0.1) is 18.8 Å². The summed E-state index contributed by atoms with van der Waals surface area (Å²) < 4.78 is 0. The molecule has 2 fully saturated rings. The molecule has 0 unspecified atom stereocenters. The molecule has 5 nitrogen and oxygen atoms in total.